The molecule has 3 nitrogen and oxygen atoms in total. The van der Waals surface area contributed by atoms with Crippen molar-refractivity contribution in [1.29, 1.82) is 0 Å². The van der Waals surface area contributed by atoms with Crippen LogP contribution < -0.4 is 10.2 Å². The summed E-state index contributed by atoms with van der Waals surface area (Å²) < 4.78 is 5.60. The Labute approximate surface area is 101 Å². The Bertz CT molecular complexity index is 523. The molecule has 0 saturated heterocycles. The van der Waals surface area contributed by atoms with Gasteiger partial charge in [-0.2, -0.15) is 0 Å². The molecule has 0 fully saturated rings. The summed E-state index contributed by atoms with van der Waals surface area (Å²) in [4.78, 5) is 0. The number of rotatable bonds is 3. The highest BCUT2D eigenvalue weighted by Gasteiger charge is 2.11. The molecule has 88 valence electrons. The van der Waals surface area contributed by atoms with Crippen molar-refractivity contribution in [2.75, 3.05) is 0 Å². The van der Waals surface area contributed by atoms with Crippen molar-refractivity contribution in [1.82, 2.24) is 0 Å². The first kappa shape index (κ1) is 12.0. The fraction of sp³-hybridized carbons (Fsp3) is 0.231. The van der Waals surface area contributed by atoms with Crippen LogP contribution in [0.3, 0.4) is 0 Å². The quantitative estimate of drug-likeness (QED) is 0.781. The van der Waals surface area contributed by atoms with Crippen molar-refractivity contribution in [2.24, 2.45) is 0 Å². The Morgan fingerprint density at radius 2 is 1.71 bits per heavy atom. The largest absolute Gasteiger partial charge is 0.491 e. The molecule has 0 aliphatic carbocycles. The number of ether oxygens (including phenoxy) is 1. The van der Waals surface area contributed by atoms with Gasteiger partial charge in [0, 0.05) is 0 Å². The highest BCUT2D eigenvalue weighted by Crippen LogP contribution is 2.20. The van der Waals surface area contributed by atoms with Gasteiger partial charge in [-0.05, 0) is 42.2 Å². The summed E-state index contributed by atoms with van der Waals surface area (Å²) >= 11 is 0. The molecule has 0 saturated carbocycles. The molecule has 0 radical (unpaired) electrons. The van der Waals surface area contributed by atoms with Crippen molar-refractivity contribution >= 4 is 23.4 Å². The highest BCUT2D eigenvalue weighted by molar-refractivity contribution is 6.58. The van der Waals surface area contributed by atoms with Crippen molar-refractivity contribution in [2.45, 2.75) is 20.0 Å². The van der Waals surface area contributed by atoms with Gasteiger partial charge in [0.05, 0.1) is 6.10 Å². The third-order valence-electron chi connectivity index (χ3n) is 2.51. The van der Waals surface area contributed by atoms with Crippen LogP contribution >= 0.6 is 0 Å². The first-order chi connectivity index (χ1) is 8.06. The molecule has 0 bridgehead atoms. The van der Waals surface area contributed by atoms with Crippen molar-refractivity contribution in [3.05, 3.63) is 36.4 Å². The predicted molar refractivity (Wildman–Crippen MR) is 69.5 cm³/mol. The van der Waals surface area contributed by atoms with Gasteiger partial charge in [-0.25, -0.2) is 0 Å². The molecule has 0 aromatic heterocycles. The molecule has 2 aromatic rings. The Kier molecular flexibility index (Phi) is 3.36. The van der Waals surface area contributed by atoms with Crippen LogP contribution in [0.4, 0.5) is 0 Å². The van der Waals surface area contributed by atoms with Gasteiger partial charge in [0.15, 0.2) is 0 Å². The van der Waals surface area contributed by atoms with E-state index in [1.165, 1.54) is 0 Å². The van der Waals surface area contributed by atoms with Gasteiger partial charge in [0.25, 0.3) is 0 Å². The van der Waals surface area contributed by atoms with Crippen molar-refractivity contribution in [3.63, 3.8) is 0 Å². The Balaban J connectivity index is 2.43. The maximum absolute atomic E-state index is 9.12. The number of fused-ring (bicyclic) bond motifs is 1. The molecule has 0 atom stereocenters. The Hall–Kier alpha value is -1.52. The number of hydrogen-bond donors (Lipinski definition) is 2. The minimum Gasteiger partial charge on any atom is -0.491 e. The molecule has 0 amide bonds. The fourth-order valence-corrected chi connectivity index (χ4v) is 1.75. The zero-order valence-electron chi connectivity index (χ0n) is 9.92. The van der Waals surface area contributed by atoms with E-state index in [9.17, 15) is 0 Å². The smallest absolute Gasteiger partial charge is 0.488 e. The van der Waals surface area contributed by atoms with Crippen LogP contribution in [0, 0.1) is 0 Å². The highest BCUT2D eigenvalue weighted by atomic mass is 16.5. The fourth-order valence-electron chi connectivity index (χ4n) is 1.75. The van der Waals surface area contributed by atoms with E-state index in [1.54, 1.807) is 12.1 Å². The maximum atomic E-state index is 9.12. The topological polar surface area (TPSA) is 49.7 Å². The van der Waals surface area contributed by atoms with E-state index in [4.69, 9.17) is 14.8 Å². The van der Waals surface area contributed by atoms with E-state index in [0.717, 1.165) is 16.5 Å². The molecule has 0 spiro atoms. The van der Waals surface area contributed by atoms with Crippen LogP contribution in [0.2, 0.25) is 0 Å². The zero-order valence-corrected chi connectivity index (χ0v) is 9.92. The lowest BCUT2D eigenvalue weighted by Crippen LogP contribution is -2.29. The van der Waals surface area contributed by atoms with Crippen LogP contribution in [0.1, 0.15) is 13.8 Å². The lowest BCUT2D eigenvalue weighted by Gasteiger charge is -2.10. The first-order valence-electron chi connectivity index (χ1n) is 5.63. The molecule has 4 heteroatoms. The van der Waals surface area contributed by atoms with Crippen LogP contribution in [0.25, 0.3) is 10.8 Å². The van der Waals surface area contributed by atoms with Gasteiger partial charge in [-0.1, -0.05) is 24.3 Å². The average Bonchev–Trinajstić information content (AvgIpc) is 2.27. The average molecular weight is 230 g/mol. The molecule has 17 heavy (non-hydrogen) atoms. The van der Waals surface area contributed by atoms with Gasteiger partial charge in [0.1, 0.15) is 5.75 Å². The molecular weight excluding hydrogens is 215 g/mol. The van der Waals surface area contributed by atoms with Crippen LogP contribution in [0.5, 0.6) is 5.75 Å². The summed E-state index contributed by atoms with van der Waals surface area (Å²) in [6.07, 6.45) is 0.124. The molecule has 0 aliphatic heterocycles. The third-order valence-corrected chi connectivity index (χ3v) is 2.51. The second-order valence-electron chi connectivity index (χ2n) is 4.31. The van der Waals surface area contributed by atoms with Crippen LogP contribution in [-0.4, -0.2) is 23.3 Å². The van der Waals surface area contributed by atoms with E-state index < -0.39 is 7.12 Å². The van der Waals surface area contributed by atoms with Gasteiger partial charge in [-0.15, -0.1) is 0 Å². The molecular formula is C13H15BO3. The van der Waals surface area contributed by atoms with E-state index >= 15 is 0 Å². The summed E-state index contributed by atoms with van der Waals surface area (Å²) in [6.45, 7) is 3.94. The molecule has 0 heterocycles. The van der Waals surface area contributed by atoms with Gasteiger partial charge >= 0.3 is 7.12 Å². The molecule has 0 aliphatic rings. The standard InChI is InChI=1S/C13H15BO3/c1-9(2)17-13-6-4-10-3-5-12(14(15)16)7-11(10)8-13/h3-9,15-16H,1-2H3. The van der Waals surface area contributed by atoms with Gasteiger partial charge < -0.3 is 14.8 Å². The van der Waals surface area contributed by atoms with E-state index in [0.29, 0.717) is 5.46 Å². The second kappa shape index (κ2) is 4.78. The lowest BCUT2D eigenvalue weighted by atomic mass is 9.79. The molecule has 2 N–H and O–H groups in total. The summed E-state index contributed by atoms with van der Waals surface area (Å²) in [5.74, 6) is 0.789. The summed E-state index contributed by atoms with van der Waals surface area (Å²) in [5.41, 5.74) is 0.485. The second-order valence-corrected chi connectivity index (χ2v) is 4.31. The van der Waals surface area contributed by atoms with Crippen molar-refractivity contribution in [3.8, 4) is 5.75 Å². The minimum absolute atomic E-state index is 0.124. The number of hydrogen-bond acceptors (Lipinski definition) is 3. The monoisotopic (exact) mass is 230 g/mol. The summed E-state index contributed by atoms with van der Waals surface area (Å²) in [7, 11) is -1.44. The van der Waals surface area contributed by atoms with E-state index in [2.05, 4.69) is 0 Å². The number of benzene rings is 2. The van der Waals surface area contributed by atoms with Crippen LogP contribution in [0.15, 0.2) is 36.4 Å². The van der Waals surface area contributed by atoms with E-state index in [1.807, 2.05) is 38.1 Å². The zero-order chi connectivity index (χ0) is 12.4. The minimum atomic E-state index is -1.44. The first-order valence-corrected chi connectivity index (χ1v) is 5.63. The predicted octanol–water partition coefficient (Wildman–Crippen LogP) is 1.31. The normalized spacial score (nSPS) is 10.9. The van der Waals surface area contributed by atoms with Gasteiger partial charge in [-0.3, -0.25) is 0 Å². The SMILES string of the molecule is CC(C)Oc1ccc2ccc(B(O)O)cc2c1. The molecule has 0 unspecified atom stereocenters. The Morgan fingerprint density at radius 3 is 2.35 bits per heavy atom. The Morgan fingerprint density at radius 1 is 1.00 bits per heavy atom. The third kappa shape index (κ3) is 2.78. The van der Waals surface area contributed by atoms with Crippen molar-refractivity contribution < 1.29 is 14.8 Å². The summed E-state index contributed by atoms with van der Waals surface area (Å²) in [5, 5.41) is 20.2. The van der Waals surface area contributed by atoms with Gasteiger partial charge in [0.2, 0.25) is 0 Å². The molecule has 2 aromatic carbocycles. The van der Waals surface area contributed by atoms with Crippen LogP contribution in [-0.2, 0) is 0 Å². The molecule has 2 rings (SSSR count). The lowest BCUT2D eigenvalue weighted by molar-refractivity contribution is 0.243. The summed E-state index contributed by atoms with van der Waals surface area (Å²) in [6, 6.07) is 11.1. The maximum Gasteiger partial charge on any atom is 0.488 e. The van der Waals surface area contributed by atoms with E-state index in [-0.39, 0.29) is 6.10 Å².